The van der Waals surface area contributed by atoms with Crippen LogP contribution in [0.4, 0.5) is 4.79 Å². The van der Waals surface area contributed by atoms with Gasteiger partial charge in [0.05, 0.1) is 18.4 Å². The summed E-state index contributed by atoms with van der Waals surface area (Å²) in [5.41, 5.74) is 0.979. The van der Waals surface area contributed by atoms with Crippen molar-refractivity contribution in [3.8, 4) is 11.5 Å². The molecule has 1 N–H and O–H groups in total. The smallest absolute Gasteiger partial charge is 0.317 e. The Morgan fingerprint density at radius 3 is 2.96 bits per heavy atom. The SMILES string of the molecule is O=C(NCc1ccc2c(c1)OCO2)N1CCC(n2nccn2)C1. The summed E-state index contributed by atoms with van der Waals surface area (Å²) in [4.78, 5) is 15.7. The molecule has 1 atom stereocenters. The maximum absolute atomic E-state index is 12.3. The van der Waals surface area contributed by atoms with Gasteiger partial charge in [0, 0.05) is 19.6 Å². The lowest BCUT2D eigenvalue weighted by Crippen LogP contribution is -2.38. The van der Waals surface area contributed by atoms with E-state index in [0.29, 0.717) is 19.6 Å². The number of hydrogen-bond donors (Lipinski definition) is 1. The van der Waals surface area contributed by atoms with Crippen LogP contribution in [0.2, 0.25) is 0 Å². The molecule has 2 amide bonds. The van der Waals surface area contributed by atoms with E-state index in [1.54, 1.807) is 22.1 Å². The lowest BCUT2D eigenvalue weighted by molar-refractivity contribution is 0.174. The van der Waals surface area contributed by atoms with Gasteiger partial charge in [-0.15, -0.1) is 0 Å². The molecule has 1 saturated heterocycles. The minimum absolute atomic E-state index is 0.0719. The Balaban J connectivity index is 1.32. The summed E-state index contributed by atoms with van der Waals surface area (Å²) in [6.07, 6.45) is 4.18. The number of carbonyl (C=O) groups is 1. The van der Waals surface area contributed by atoms with Crippen LogP contribution < -0.4 is 14.8 Å². The molecule has 0 bridgehead atoms. The van der Waals surface area contributed by atoms with Crippen molar-refractivity contribution in [2.75, 3.05) is 19.9 Å². The first-order valence-corrected chi connectivity index (χ1v) is 7.57. The van der Waals surface area contributed by atoms with Crippen molar-refractivity contribution in [1.82, 2.24) is 25.2 Å². The molecule has 4 rings (SSSR count). The second kappa shape index (κ2) is 5.79. The van der Waals surface area contributed by atoms with Crippen LogP contribution in [0, 0.1) is 0 Å². The summed E-state index contributed by atoms with van der Waals surface area (Å²) in [5, 5.41) is 11.2. The van der Waals surface area contributed by atoms with Crippen LogP contribution in [0.5, 0.6) is 11.5 Å². The molecule has 120 valence electrons. The first kappa shape index (κ1) is 13.9. The molecule has 23 heavy (non-hydrogen) atoms. The summed E-state index contributed by atoms with van der Waals surface area (Å²) in [7, 11) is 0. The van der Waals surface area contributed by atoms with E-state index in [9.17, 15) is 4.79 Å². The highest BCUT2D eigenvalue weighted by Gasteiger charge is 2.28. The molecule has 0 spiro atoms. The number of ether oxygens (including phenoxy) is 2. The maximum Gasteiger partial charge on any atom is 0.317 e. The van der Waals surface area contributed by atoms with Crippen molar-refractivity contribution in [3.05, 3.63) is 36.2 Å². The zero-order valence-electron chi connectivity index (χ0n) is 12.5. The molecular formula is C15H17N5O3. The number of aromatic nitrogens is 3. The number of benzene rings is 1. The lowest BCUT2D eigenvalue weighted by atomic mass is 10.2. The minimum atomic E-state index is -0.0719. The van der Waals surface area contributed by atoms with Gasteiger partial charge in [-0.25, -0.2) is 4.79 Å². The summed E-state index contributed by atoms with van der Waals surface area (Å²) in [5.74, 6) is 1.47. The molecule has 1 unspecified atom stereocenters. The first-order valence-electron chi connectivity index (χ1n) is 7.57. The number of hydrogen-bond acceptors (Lipinski definition) is 5. The number of likely N-dealkylation sites (tertiary alicyclic amines) is 1. The van der Waals surface area contributed by atoms with Crippen LogP contribution in [0.1, 0.15) is 18.0 Å². The Kier molecular flexibility index (Phi) is 3.49. The summed E-state index contributed by atoms with van der Waals surface area (Å²) in [6.45, 7) is 2.04. The highest BCUT2D eigenvalue weighted by Crippen LogP contribution is 2.32. The Labute approximate surface area is 133 Å². The number of nitrogens with one attached hydrogen (secondary N) is 1. The fraction of sp³-hybridized carbons (Fsp3) is 0.400. The number of urea groups is 1. The van der Waals surface area contributed by atoms with Crippen LogP contribution in [0.15, 0.2) is 30.6 Å². The van der Waals surface area contributed by atoms with Gasteiger partial charge in [-0.1, -0.05) is 6.07 Å². The largest absolute Gasteiger partial charge is 0.454 e. The maximum atomic E-state index is 12.3. The normalized spacial score (nSPS) is 19.1. The highest BCUT2D eigenvalue weighted by molar-refractivity contribution is 5.74. The van der Waals surface area contributed by atoms with Crippen molar-refractivity contribution in [1.29, 1.82) is 0 Å². The van der Waals surface area contributed by atoms with E-state index in [4.69, 9.17) is 9.47 Å². The van der Waals surface area contributed by atoms with Gasteiger partial charge in [-0.2, -0.15) is 15.0 Å². The standard InChI is InChI=1S/C15H17N5O3/c21-15(19-6-3-12(9-19)20-17-4-5-18-20)16-8-11-1-2-13-14(7-11)23-10-22-13/h1-2,4-5,7,12H,3,6,8-10H2,(H,16,21). The Morgan fingerprint density at radius 1 is 1.26 bits per heavy atom. The number of carbonyl (C=O) groups excluding carboxylic acids is 1. The molecule has 1 fully saturated rings. The number of amides is 2. The summed E-state index contributed by atoms with van der Waals surface area (Å²) >= 11 is 0. The average molecular weight is 315 g/mol. The van der Waals surface area contributed by atoms with E-state index in [1.807, 2.05) is 18.2 Å². The zero-order valence-corrected chi connectivity index (χ0v) is 12.5. The van der Waals surface area contributed by atoms with E-state index in [2.05, 4.69) is 15.5 Å². The molecule has 1 aromatic heterocycles. The quantitative estimate of drug-likeness (QED) is 0.919. The van der Waals surface area contributed by atoms with E-state index >= 15 is 0 Å². The molecule has 8 nitrogen and oxygen atoms in total. The molecule has 0 saturated carbocycles. The first-order chi connectivity index (χ1) is 11.3. The second-order valence-electron chi connectivity index (χ2n) is 5.58. The Hall–Kier alpha value is -2.77. The molecule has 0 aliphatic carbocycles. The van der Waals surface area contributed by atoms with Gasteiger partial charge in [0.15, 0.2) is 11.5 Å². The number of fused-ring (bicyclic) bond motifs is 1. The average Bonchev–Trinajstić information content (AvgIpc) is 3.32. The zero-order chi connectivity index (χ0) is 15.6. The van der Waals surface area contributed by atoms with Crippen LogP contribution in [-0.2, 0) is 6.54 Å². The number of nitrogens with zero attached hydrogens (tertiary/aromatic N) is 4. The fourth-order valence-corrected chi connectivity index (χ4v) is 2.87. The monoisotopic (exact) mass is 315 g/mol. The molecule has 8 heteroatoms. The predicted molar refractivity (Wildman–Crippen MR) is 80.0 cm³/mol. The summed E-state index contributed by atoms with van der Waals surface area (Å²) in [6, 6.07) is 5.76. The van der Waals surface area contributed by atoms with Crippen molar-refractivity contribution in [3.63, 3.8) is 0 Å². The Morgan fingerprint density at radius 2 is 2.09 bits per heavy atom. The predicted octanol–water partition coefficient (Wildman–Crippen LogP) is 1.16. The fourth-order valence-electron chi connectivity index (χ4n) is 2.87. The topological polar surface area (TPSA) is 81.5 Å². The van der Waals surface area contributed by atoms with E-state index in [-0.39, 0.29) is 18.9 Å². The van der Waals surface area contributed by atoms with E-state index in [1.165, 1.54) is 0 Å². The molecule has 3 heterocycles. The molecule has 2 aromatic rings. The third-order valence-corrected chi connectivity index (χ3v) is 4.09. The van der Waals surface area contributed by atoms with Crippen LogP contribution in [-0.4, -0.2) is 45.8 Å². The van der Waals surface area contributed by atoms with Gasteiger partial charge in [-0.3, -0.25) is 0 Å². The molecular weight excluding hydrogens is 298 g/mol. The van der Waals surface area contributed by atoms with E-state index in [0.717, 1.165) is 23.5 Å². The lowest BCUT2D eigenvalue weighted by Gasteiger charge is -2.17. The van der Waals surface area contributed by atoms with Gasteiger partial charge in [0.1, 0.15) is 0 Å². The third-order valence-electron chi connectivity index (χ3n) is 4.09. The van der Waals surface area contributed by atoms with Gasteiger partial charge >= 0.3 is 6.03 Å². The van der Waals surface area contributed by atoms with E-state index < -0.39 is 0 Å². The van der Waals surface area contributed by atoms with Crippen LogP contribution in [0.3, 0.4) is 0 Å². The van der Waals surface area contributed by atoms with Gasteiger partial charge in [0.25, 0.3) is 0 Å². The van der Waals surface area contributed by atoms with Crippen molar-refractivity contribution in [2.45, 2.75) is 19.0 Å². The molecule has 2 aliphatic heterocycles. The molecule has 0 radical (unpaired) electrons. The van der Waals surface area contributed by atoms with Crippen molar-refractivity contribution >= 4 is 6.03 Å². The Bertz CT molecular complexity index is 703. The molecule has 2 aliphatic rings. The van der Waals surface area contributed by atoms with Gasteiger partial charge < -0.3 is 19.7 Å². The van der Waals surface area contributed by atoms with Crippen molar-refractivity contribution < 1.29 is 14.3 Å². The third kappa shape index (κ3) is 2.79. The second-order valence-corrected chi connectivity index (χ2v) is 5.58. The van der Waals surface area contributed by atoms with Gasteiger partial charge in [0.2, 0.25) is 6.79 Å². The highest BCUT2D eigenvalue weighted by atomic mass is 16.7. The minimum Gasteiger partial charge on any atom is -0.454 e. The van der Waals surface area contributed by atoms with Crippen LogP contribution in [0.25, 0.3) is 0 Å². The number of rotatable bonds is 3. The van der Waals surface area contributed by atoms with Gasteiger partial charge in [-0.05, 0) is 24.1 Å². The van der Waals surface area contributed by atoms with Crippen LogP contribution >= 0.6 is 0 Å². The summed E-state index contributed by atoms with van der Waals surface area (Å²) < 4.78 is 10.6. The molecule has 1 aromatic carbocycles. The van der Waals surface area contributed by atoms with Crippen molar-refractivity contribution in [2.24, 2.45) is 0 Å².